The van der Waals surface area contributed by atoms with Crippen LogP contribution in [0.25, 0.3) is 0 Å². The summed E-state index contributed by atoms with van der Waals surface area (Å²) in [6, 6.07) is 0. The van der Waals surface area contributed by atoms with Crippen LogP contribution in [-0.2, 0) is 55.8 Å². The summed E-state index contributed by atoms with van der Waals surface area (Å²) >= 11 is 0. The smallest absolute Gasteiger partial charge is 0.463 e. The number of carbonyl (C=O) groups is 3. The van der Waals surface area contributed by atoms with Gasteiger partial charge in [-0.1, -0.05) is 350 Å². The highest BCUT2D eigenvalue weighted by Gasteiger charge is 2.29. The standard InChI is InChI=1S/C97H160O16P2/c1-4-7-10-13-16-19-22-25-28-31-34-37-40-43-44-45-46-49-51-53-56-59-62-65-68-71-74-77-80-83-95(100)107-86-92(98)87-109-114(103,104)110-88-93(99)89-111-115(105,106)112-91-94(113-97(102)85-82-79-76-73-70-67-64-61-58-55-52-48-42-39-36-33-30-27-24-21-18-15-12-9-6-3)90-108-96(101)84-81-78-75-72-69-66-63-60-57-54-50-47-41-38-35-32-29-26-23-20-17-14-11-8-5-2/h7-8,10-11,16-21,25-30,34-39,43-44,46-50,52,57,60,92-94,98-99H,4-6,9,12-15,22-24,31-33,40-42,45,51,53-56,58-59,61-91H2,1-3H3,(H,103,104)(H,105,106)/b10-7-,11-8-,19-16-,20-17-,21-18-,28-25-,29-26-,30-27-,37-34-,38-35-,39-36-,44-43-,49-46-,50-47-,52-48-,60-57-. The molecule has 115 heavy (non-hydrogen) atoms. The Balaban J connectivity index is 4.70. The lowest BCUT2D eigenvalue weighted by Gasteiger charge is -2.21. The Morgan fingerprint density at radius 1 is 0.252 bits per heavy atom. The van der Waals surface area contributed by atoms with E-state index >= 15 is 0 Å². The van der Waals surface area contributed by atoms with Crippen LogP contribution in [0.2, 0.25) is 0 Å². The van der Waals surface area contributed by atoms with E-state index in [1.807, 2.05) is 0 Å². The molecule has 18 heteroatoms. The van der Waals surface area contributed by atoms with Gasteiger partial charge in [0.15, 0.2) is 6.10 Å². The Hall–Kier alpha value is -5.61. The number of rotatable bonds is 83. The third kappa shape index (κ3) is 89.0. The highest BCUT2D eigenvalue weighted by molar-refractivity contribution is 7.47. The minimum Gasteiger partial charge on any atom is -0.463 e. The zero-order chi connectivity index (χ0) is 83.6. The molecule has 4 N–H and O–H groups in total. The van der Waals surface area contributed by atoms with Gasteiger partial charge in [0.25, 0.3) is 0 Å². The van der Waals surface area contributed by atoms with Crippen LogP contribution in [0, 0.1) is 0 Å². The first-order valence-corrected chi connectivity index (χ1v) is 47.7. The van der Waals surface area contributed by atoms with Crippen molar-refractivity contribution in [2.75, 3.05) is 39.6 Å². The van der Waals surface area contributed by atoms with Gasteiger partial charge in [-0.2, -0.15) is 0 Å². The van der Waals surface area contributed by atoms with Crippen molar-refractivity contribution in [2.45, 2.75) is 360 Å². The maximum absolute atomic E-state index is 13.1. The summed E-state index contributed by atoms with van der Waals surface area (Å²) in [5.41, 5.74) is 0. The predicted octanol–water partition coefficient (Wildman–Crippen LogP) is 27.4. The summed E-state index contributed by atoms with van der Waals surface area (Å²) in [6.07, 6.45) is 116. The van der Waals surface area contributed by atoms with Crippen molar-refractivity contribution in [3.05, 3.63) is 194 Å². The highest BCUT2D eigenvalue weighted by Crippen LogP contribution is 2.45. The van der Waals surface area contributed by atoms with Crippen LogP contribution in [0.3, 0.4) is 0 Å². The predicted molar refractivity (Wildman–Crippen MR) is 481 cm³/mol. The second kappa shape index (κ2) is 87.7. The molecule has 0 aromatic rings. The summed E-state index contributed by atoms with van der Waals surface area (Å²) in [4.78, 5) is 59.0. The second-order valence-corrected chi connectivity index (χ2v) is 32.2. The fourth-order valence-electron chi connectivity index (χ4n) is 11.6. The summed E-state index contributed by atoms with van der Waals surface area (Å²) in [5, 5.41) is 20.7. The third-order valence-corrected chi connectivity index (χ3v) is 20.2. The number of hydrogen-bond acceptors (Lipinski definition) is 14. The number of aliphatic hydroxyl groups is 2. The lowest BCUT2D eigenvalue weighted by molar-refractivity contribution is -0.161. The highest BCUT2D eigenvalue weighted by atomic mass is 31.2. The van der Waals surface area contributed by atoms with Gasteiger partial charge in [0.1, 0.15) is 25.4 Å². The molecular weight excluding hydrogens is 1480 g/mol. The number of aliphatic hydroxyl groups excluding tert-OH is 2. The fraction of sp³-hybridized carbons (Fsp3) is 0.639. The van der Waals surface area contributed by atoms with Crippen molar-refractivity contribution < 1.29 is 75.8 Å². The molecule has 16 nitrogen and oxygen atoms in total. The molecule has 5 atom stereocenters. The molecule has 0 spiro atoms. The number of phosphoric acid groups is 2. The van der Waals surface area contributed by atoms with Crippen LogP contribution in [0.1, 0.15) is 342 Å². The Morgan fingerprint density at radius 2 is 0.461 bits per heavy atom. The Bertz CT molecular complexity index is 2870. The van der Waals surface area contributed by atoms with Gasteiger partial charge < -0.3 is 34.2 Å². The average molecular weight is 1640 g/mol. The van der Waals surface area contributed by atoms with Gasteiger partial charge in [0.05, 0.1) is 26.4 Å². The van der Waals surface area contributed by atoms with Gasteiger partial charge in [0, 0.05) is 19.3 Å². The van der Waals surface area contributed by atoms with Crippen molar-refractivity contribution in [1.29, 1.82) is 0 Å². The number of carbonyl (C=O) groups excluding carboxylic acids is 3. The quantitative estimate of drug-likeness (QED) is 0.0146. The van der Waals surface area contributed by atoms with E-state index in [2.05, 4.69) is 215 Å². The van der Waals surface area contributed by atoms with Crippen molar-refractivity contribution in [3.8, 4) is 0 Å². The van der Waals surface area contributed by atoms with Crippen LogP contribution in [0.5, 0.6) is 0 Å². The number of hydrogen-bond donors (Lipinski definition) is 4. The molecule has 0 aromatic heterocycles. The fourth-order valence-corrected chi connectivity index (χ4v) is 13.1. The van der Waals surface area contributed by atoms with E-state index in [-0.39, 0.29) is 19.3 Å². The van der Waals surface area contributed by atoms with E-state index in [0.717, 1.165) is 199 Å². The molecule has 0 aliphatic rings. The minimum absolute atomic E-state index is 0.0868. The average Bonchev–Trinajstić information content (AvgIpc) is 0.902. The van der Waals surface area contributed by atoms with Crippen molar-refractivity contribution >= 4 is 33.6 Å². The van der Waals surface area contributed by atoms with Crippen LogP contribution in [0.4, 0.5) is 0 Å². The number of allylic oxidation sites excluding steroid dienone is 32. The van der Waals surface area contributed by atoms with Gasteiger partial charge >= 0.3 is 33.6 Å². The van der Waals surface area contributed by atoms with Crippen LogP contribution >= 0.6 is 15.6 Å². The van der Waals surface area contributed by atoms with Crippen LogP contribution in [-0.4, -0.2) is 95.9 Å². The molecule has 0 fully saturated rings. The Kier molecular flexibility index (Phi) is 83.4. The van der Waals surface area contributed by atoms with Gasteiger partial charge in [-0.15, -0.1) is 0 Å². The maximum Gasteiger partial charge on any atom is 0.472 e. The van der Waals surface area contributed by atoms with Crippen LogP contribution in [0.15, 0.2) is 194 Å². The maximum atomic E-state index is 13.1. The lowest BCUT2D eigenvalue weighted by Crippen LogP contribution is -2.30. The molecular formula is C97H160O16P2. The lowest BCUT2D eigenvalue weighted by atomic mass is 10.1. The van der Waals surface area contributed by atoms with Crippen LogP contribution < -0.4 is 0 Å². The Morgan fingerprint density at radius 3 is 0.730 bits per heavy atom. The molecule has 0 heterocycles. The van der Waals surface area contributed by atoms with E-state index in [0.29, 0.717) is 19.3 Å². The number of esters is 3. The number of phosphoric ester groups is 2. The topological polar surface area (TPSA) is 231 Å². The molecule has 654 valence electrons. The minimum atomic E-state index is -4.95. The first-order valence-electron chi connectivity index (χ1n) is 44.7. The Labute approximate surface area is 699 Å². The first kappa shape index (κ1) is 109. The monoisotopic (exact) mass is 1640 g/mol. The molecule has 0 radical (unpaired) electrons. The van der Waals surface area contributed by atoms with Crippen molar-refractivity contribution in [1.82, 2.24) is 0 Å². The third-order valence-electron chi connectivity index (χ3n) is 18.3. The summed E-state index contributed by atoms with van der Waals surface area (Å²) in [7, 11) is -9.83. The van der Waals surface area contributed by atoms with Crippen molar-refractivity contribution in [2.24, 2.45) is 0 Å². The van der Waals surface area contributed by atoms with E-state index in [1.54, 1.807) is 0 Å². The SMILES string of the molecule is CC/C=C\C/C=C\C/C=C\C/C=C\C/C=C\C/C=C\CCCCCCCCCCCCC(=O)OCC(O)COP(=O)(O)OCC(O)COP(=O)(O)OCC(COC(=O)CCCCCCCC/C=C\C/C=C\C/C=C\C/C=C\C/C=C\C/C=C\CC)OC(=O)CCCCCCCCCCC/C=C\C/C=C\C/C=C\C/C=C\CCCCC. The summed E-state index contributed by atoms with van der Waals surface area (Å²) in [6.45, 7) is 2.41. The molecule has 0 saturated heterocycles. The normalized spacial score (nSPS) is 14.7. The van der Waals surface area contributed by atoms with E-state index in [4.69, 9.17) is 32.3 Å². The molecule has 5 unspecified atom stereocenters. The van der Waals surface area contributed by atoms with E-state index in [9.17, 15) is 43.5 Å². The molecule has 0 rings (SSSR count). The zero-order valence-corrected chi connectivity index (χ0v) is 73.7. The largest absolute Gasteiger partial charge is 0.472 e. The van der Waals surface area contributed by atoms with E-state index < -0.39 is 91.5 Å². The van der Waals surface area contributed by atoms with Gasteiger partial charge in [-0.05, 0) is 167 Å². The van der Waals surface area contributed by atoms with E-state index in [1.165, 1.54) is 83.5 Å². The number of unbranched alkanes of at least 4 members (excludes halogenated alkanes) is 28. The summed E-state index contributed by atoms with van der Waals surface area (Å²) in [5.74, 6) is -1.61. The zero-order valence-electron chi connectivity index (χ0n) is 71.9. The van der Waals surface area contributed by atoms with Gasteiger partial charge in [-0.3, -0.25) is 32.5 Å². The number of ether oxygens (including phenoxy) is 3. The molecule has 0 aliphatic heterocycles. The molecule has 0 aliphatic carbocycles. The molecule has 0 saturated carbocycles. The molecule has 0 aromatic carbocycles. The summed E-state index contributed by atoms with van der Waals surface area (Å²) < 4.78 is 61.4. The molecule has 0 amide bonds. The van der Waals surface area contributed by atoms with Gasteiger partial charge in [0.2, 0.25) is 0 Å². The second-order valence-electron chi connectivity index (χ2n) is 29.3. The van der Waals surface area contributed by atoms with Gasteiger partial charge in [-0.25, -0.2) is 9.13 Å². The van der Waals surface area contributed by atoms with Crippen molar-refractivity contribution in [3.63, 3.8) is 0 Å². The molecule has 0 bridgehead atoms. The first-order chi connectivity index (χ1) is 56.2.